The van der Waals surface area contributed by atoms with Gasteiger partial charge in [-0.05, 0) is 44.4 Å². The molecule has 1 aromatic rings. The molecule has 20 heavy (non-hydrogen) atoms. The van der Waals surface area contributed by atoms with Gasteiger partial charge in [0.25, 0.3) is 5.91 Å². The predicted molar refractivity (Wildman–Crippen MR) is 80.6 cm³/mol. The van der Waals surface area contributed by atoms with E-state index < -0.39 is 0 Å². The molecule has 0 spiro atoms. The highest BCUT2D eigenvalue weighted by molar-refractivity contribution is 7.09. The number of hydrogen-bond donors (Lipinski definition) is 1. The molecular weight excluding hydrogens is 270 g/mol. The summed E-state index contributed by atoms with van der Waals surface area (Å²) in [5.74, 6) is 0.938. The third-order valence-electron chi connectivity index (χ3n) is 4.50. The van der Waals surface area contributed by atoms with Gasteiger partial charge in [0, 0.05) is 24.0 Å². The highest BCUT2D eigenvalue weighted by Crippen LogP contribution is 2.36. The van der Waals surface area contributed by atoms with E-state index in [0.29, 0.717) is 24.3 Å². The van der Waals surface area contributed by atoms with E-state index in [9.17, 15) is 4.79 Å². The maximum absolute atomic E-state index is 12.8. The van der Waals surface area contributed by atoms with Crippen molar-refractivity contribution in [2.45, 2.75) is 64.1 Å². The Morgan fingerprint density at radius 2 is 1.90 bits per heavy atom. The van der Waals surface area contributed by atoms with Gasteiger partial charge in [0.05, 0.1) is 0 Å². The molecule has 0 saturated heterocycles. The Bertz CT molecular complexity index is 475. The Morgan fingerprint density at radius 1 is 1.30 bits per heavy atom. The van der Waals surface area contributed by atoms with E-state index in [2.05, 4.69) is 16.8 Å². The number of nitrogens with zero attached hydrogens (tertiary/aromatic N) is 2. The number of carbonyl (C=O) groups is 1. The van der Waals surface area contributed by atoms with Crippen LogP contribution in [0.25, 0.3) is 0 Å². The largest absolute Gasteiger partial charge is 0.331 e. The van der Waals surface area contributed by atoms with E-state index in [1.807, 2.05) is 5.38 Å². The second kappa shape index (κ2) is 5.82. The fourth-order valence-electron chi connectivity index (χ4n) is 3.14. The van der Waals surface area contributed by atoms with Crippen molar-refractivity contribution in [2.24, 2.45) is 11.7 Å². The van der Waals surface area contributed by atoms with Gasteiger partial charge in [-0.15, -0.1) is 11.3 Å². The quantitative estimate of drug-likeness (QED) is 0.928. The van der Waals surface area contributed by atoms with Crippen molar-refractivity contribution < 1.29 is 4.79 Å². The fourth-order valence-corrected chi connectivity index (χ4v) is 3.79. The SMILES string of the molecule is CC1CCC(N(C(=O)c2csc(CN)n2)C2CC2)CC1. The topological polar surface area (TPSA) is 59.2 Å². The normalized spacial score (nSPS) is 26.5. The molecule has 0 bridgehead atoms. The average Bonchev–Trinajstić information content (AvgIpc) is 3.17. The van der Waals surface area contributed by atoms with Gasteiger partial charge in [0.15, 0.2) is 0 Å². The summed E-state index contributed by atoms with van der Waals surface area (Å²) in [4.78, 5) is 19.3. The van der Waals surface area contributed by atoms with Gasteiger partial charge >= 0.3 is 0 Å². The first kappa shape index (κ1) is 14.0. The zero-order valence-electron chi connectivity index (χ0n) is 12.0. The Morgan fingerprint density at radius 3 is 2.40 bits per heavy atom. The molecule has 1 aromatic heterocycles. The van der Waals surface area contributed by atoms with E-state index in [1.165, 1.54) is 24.2 Å². The van der Waals surface area contributed by atoms with Gasteiger partial charge in [-0.2, -0.15) is 0 Å². The molecule has 2 aliphatic rings. The van der Waals surface area contributed by atoms with Crippen LogP contribution in [0.5, 0.6) is 0 Å². The highest BCUT2D eigenvalue weighted by Gasteiger charge is 2.39. The smallest absolute Gasteiger partial charge is 0.273 e. The number of hydrogen-bond acceptors (Lipinski definition) is 4. The van der Waals surface area contributed by atoms with E-state index in [1.54, 1.807) is 0 Å². The number of amides is 1. The Kier molecular flexibility index (Phi) is 4.08. The van der Waals surface area contributed by atoms with Crippen LogP contribution in [0, 0.1) is 5.92 Å². The van der Waals surface area contributed by atoms with Crippen LogP contribution in [0.3, 0.4) is 0 Å². The van der Waals surface area contributed by atoms with Crippen molar-refractivity contribution in [3.63, 3.8) is 0 Å². The van der Waals surface area contributed by atoms with Crippen LogP contribution >= 0.6 is 11.3 Å². The van der Waals surface area contributed by atoms with E-state index in [0.717, 1.165) is 36.6 Å². The van der Waals surface area contributed by atoms with Crippen LogP contribution in [0.1, 0.15) is 60.9 Å². The summed E-state index contributed by atoms with van der Waals surface area (Å²) >= 11 is 1.49. The molecule has 1 heterocycles. The van der Waals surface area contributed by atoms with Gasteiger partial charge in [0.1, 0.15) is 10.7 Å². The van der Waals surface area contributed by atoms with Crippen molar-refractivity contribution in [2.75, 3.05) is 0 Å². The van der Waals surface area contributed by atoms with E-state index >= 15 is 0 Å². The first-order valence-corrected chi connectivity index (χ1v) is 8.54. The van der Waals surface area contributed by atoms with Crippen LogP contribution in [0.2, 0.25) is 0 Å². The minimum Gasteiger partial charge on any atom is -0.331 e. The first-order chi connectivity index (χ1) is 9.69. The molecule has 0 aliphatic heterocycles. The first-order valence-electron chi connectivity index (χ1n) is 7.66. The summed E-state index contributed by atoms with van der Waals surface area (Å²) in [7, 11) is 0. The lowest BCUT2D eigenvalue weighted by molar-refractivity contribution is 0.0587. The average molecular weight is 293 g/mol. The van der Waals surface area contributed by atoms with Crippen LogP contribution in [0.15, 0.2) is 5.38 Å². The lowest BCUT2D eigenvalue weighted by Crippen LogP contribution is -2.43. The third-order valence-corrected chi connectivity index (χ3v) is 5.37. The van der Waals surface area contributed by atoms with Crippen LogP contribution in [0.4, 0.5) is 0 Å². The highest BCUT2D eigenvalue weighted by atomic mass is 32.1. The Hall–Kier alpha value is -0.940. The molecule has 1 amide bonds. The minimum atomic E-state index is 0.128. The van der Waals surface area contributed by atoms with E-state index in [4.69, 9.17) is 5.73 Å². The van der Waals surface area contributed by atoms with Gasteiger partial charge in [0.2, 0.25) is 0 Å². The summed E-state index contributed by atoms with van der Waals surface area (Å²) in [6.07, 6.45) is 7.10. The number of thiazole rings is 1. The summed E-state index contributed by atoms with van der Waals surface area (Å²) < 4.78 is 0. The van der Waals surface area contributed by atoms with Gasteiger partial charge in [-0.3, -0.25) is 4.79 Å². The number of carbonyl (C=O) groups excluding carboxylic acids is 1. The standard InChI is InChI=1S/C15H23N3OS/c1-10-2-4-11(5-3-10)18(12-6-7-12)15(19)13-9-20-14(8-16)17-13/h9-12H,2-8,16H2,1H3. The minimum absolute atomic E-state index is 0.128. The zero-order chi connectivity index (χ0) is 14.1. The molecular formula is C15H23N3OS. The molecule has 3 rings (SSSR count). The van der Waals surface area contributed by atoms with Crippen molar-refractivity contribution in [1.82, 2.24) is 9.88 Å². The zero-order valence-corrected chi connectivity index (χ0v) is 12.9. The molecule has 0 atom stereocenters. The molecule has 2 N–H and O–H groups in total. The molecule has 0 unspecified atom stereocenters. The molecule has 2 aliphatic carbocycles. The van der Waals surface area contributed by atoms with Crippen LogP contribution < -0.4 is 5.73 Å². The molecule has 2 saturated carbocycles. The number of aromatic nitrogens is 1. The number of rotatable bonds is 4. The monoisotopic (exact) mass is 293 g/mol. The van der Waals surface area contributed by atoms with Crippen molar-refractivity contribution in [3.8, 4) is 0 Å². The predicted octanol–water partition coefficient (Wildman–Crippen LogP) is 2.79. The molecule has 0 radical (unpaired) electrons. The van der Waals surface area contributed by atoms with E-state index in [-0.39, 0.29) is 5.91 Å². The molecule has 110 valence electrons. The third kappa shape index (κ3) is 2.88. The number of nitrogens with two attached hydrogens (primary N) is 1. The molecule has 4 nitrogen and oxygen atoms in total. The van der Waals surface area contributed by atoms with Crippen LogP contribution in [-0.4, -0.2) is 27.9 Å². The van der Waals surface area contributed by atoms with Crippen molar-refractivity contribution in [1.29, 1.82) is 0 Å². The van der Waals surface area contributed by atoms with Crippen LogP contribution in [-0.2, 0) is 6.54 Å². The lowest BCUT2D eigenvalue weighted by atomic mass is 9.86. The van der Waals surface area contributed by atoms with Gasteiger partial charge in [-0.25, -0.2) is 4.98 Å². The lowest BCUT2D eigenvalue weighted by Gasteiger charge is -2.36. The Balaban J connectivity index is 1.74. The Labute approximate surface area is 124 Å². The molecule has 0 aromatic carbocycles. The second-order valence-electron chi connectivity index (χ2n) is 6.19. The van der Waals surface area contributed by atoms with Crippen molar-refractivity contribution in [3.05, 3.63) is 16.1 Å². The second-order valence-corrected chi connectivity index (χ2v) is 7.13. The molecule has 2 fully saturated rings. The summed E-state index contributed by atoms with van der Waals surface area (Å²) in [5.41, 5.74) is 6.19. The fraction of sp³-hybridized carbons (Fsp3) is 0.733. The summed E-state index contributed by atoms with van der Waals surface area (Å²) in [5, 5.41) is 2.71. The maximum Gasteiger partial charge on any atom is 0.273 e. The molecule has 5 heteroatoms. The summed E-state index contributed by atoms with van der Waals surface area (Å²) in [6.45, 7) is 2.73. The van der Waals surface area contributed by atoms with Crippen molar-refractivity contribution >= 4 is 17.2 Å². The maximum atomic E-state index is 12.8. The van der Waals surface area contributed by atoms with Gasteiger partial charge in [-0.1, -0.05) is 6.92 Å². The van der Waals surface area contributed by atoms with Gasteiger partial charge < -0.3 is 10.6 Å². The summed E-state index contributed by atoms with van der Waals surface area (Å²) in [6, 6.07) is 0.887.